The maximum atomic E-state index is 5.52. The van der Waals surface area contributed by atoms with Gasteiger partial charge in [-0.15, -0.1) is 10.2 Å². The van der Waals surface area contributed by atoms with E-state index in [4.69, 9.17) is 18.4 Å². The molecule has 1 aliphatic rings. The summed E-state index contributed by atoms with van der Waals surface area (Å²) < 4.78 is 23.8. The molecule has 9 nitrogen and oxygen atoms in total. The van der Waals surface area contributed by atoms with E-state index in [1.54, 1.807) is 26.5 Å². The fourth-order valence-electron chi connectivity index (χ4n) is 3.29. The molecule has 0 aliphatic heterocycles. The maximum absolute atomic E-state index is 5.52. The predicted molar refractivity (Wildman–Crippen MR) is 112 cm³/mol. The lowest BCUT2D eigenvalue weighted by Gasteiger charge is -2.07. The Hall–Kier alpha value is -3.27. The molecule has 3 heterocycles. The number of furan rings is 1. The lowest BCUT2D eigenvalue weighted by atomic mass is 10.2. The fourth-order valence-corrected chi connectivity index (χ4v) is 4.07. The number of benzene rings is 1. The summed E-state index contributed by atoms with van der Waals surface area (Å²) >= 11 is 1.51. The van der Waals surface area contributed by atoms with Crippen molar-refractivity contribution in [3.05, 3.63) is 54.1 Å². The van der Waals surface area contributed by atoms with Gasteiger partial charge in [0.2, 0.25) is 11.7 Å². The van der Waals surface area contributed by atoms with Crippen LogP contribution in [0.2, 0.25) is 0 Å². The van der Waals surface area contributed by atoms with Gasteiger partial charge in [0.15, 0.2) is 5.16 Å². The second-order valence-corrected chi connectivity index (χ2v) is 8.09. The SMILES string of the molecule is COc1ccc(-c2noc(CSc3nnc(C4CC4)n3Cc3ccco3)n2)c(OC)c1. The Morgan fingerprint density at radius 2 is 2.06 bits per heavy atom. The molecule has 0 bridgehead atoms. The monoisotopic (exact) mass is 439 g/mol. The van der Waals surface area contributed by atoms with Gasteiger partial charge in [-0.2, -0.15) is 4.98 Å². The minimum absolute atomic E-state index is 0.464. The summed E-state index contributed by atoms with van der Waals surface area (Å²) in [5.41, 5.74) is 0.736. The van der Waals surface area contributed by atoms with Crippen molar-refractivity contribution in [2.45, 2.75) is 36.2 Å². The number of methoxy groups -OCH3 is 2. The minimum Gasteiger partial charge on any atom is -0.497 e. The Kier molecular flexibility index (Phi) is 5.37. The number of ether oxygens (including phenoxy) is 2. The lowest BCUT2D eigenvalue weighted by Crippen LogP contribution is -2.05. The molecule has 31 heavy (non-hydrogen) atoms. The van der Waals surface area contributed by atoms with Crippen molar-refractivity contribution < 1.29 is 18.4 Å². The van der Waals surface area contributed by atoms with Crippen molar-refractivity contribution in [3.8, 4) is 22.9 Å². The van der Waals surface area contributed by atoms with Gasteiger partial charge in [-0.05, 0) is 37.1 Å². The zero-order chi connectivity index (χ0) is 21.2. The van der Waals surface area contributed by atoms with Gasteiger partial charge in [-0.25, -0.2) is 0 Å². The van der Waals surface area contributed by atoms with Gasteiger partial charge in [-0.1, -0.05) is 16.9 Å². The average molecular weight is 439 g/mol. The Morgan fingerprint density at radius 3 is 2.81 bits per heavy atom. The highest BCUT2D eigenvalue weighted by atomic mass is 32.2. The Bertz CT molecular complexity index is 1170. The smallest absolute Gasteiger partial charge is 0.237 e. The van der Waals surface area contributed by atoms with E-state index in [9.17, 15) is 0 Å². The first-order valence-corrected chi connectivity index (χ1v) is 10.9. The van der Waals surface area contributed by atoms with Crippen LogP contribution < -0.4 is 9.47 Å². The summed E-state index contributed by atoms with van der Waals surface area (Å²) in [6.45, 7) is 0.603. The molecule has 1 saturated carbocycles. The molecule has 4 aromatic rings. The quantitative estimate of drug-likeness (QED) is 0.356. The third kappa shape index (κ3) is 4.15. The maximum Gasteiger partial charge on any atom is 0.237 e. The van der Waals surface area contributed by atoms with E-state index < -0.39 is 0 Å². The van der Waals surface area contributed by atoms with Crippen LogP contribution in [0, 0.1) is 0 Å². The van der Waals surface area contributed by atoms with E-state index in [1.165, 1.54) is 11.8 Å². The molecule has 10 heteroatoms. The summed E-state index contributed by atoms with van der Waals surface area (Å²) in [6, 6.07) is 9.31. The van der Waals surface area contributed by atoms with Crippen LogP contribution in [-0.4, -0.2) is 39.1 Å². The van der Waals surface area contributed by atoms with Crippen molar-refractivity contribution in [3.63, 3.8) is 0 Å². The summed E-state index contributed by atoms with van der Waals surface area (Å²) in [5.74, 6) is 5.11. The molecule has 0 radical (unpaired) electrons. The molecule has 0 unspecified atom stereocenters. The van der Waals surface area contributed by atoms with Crippen LogP contribution in [0.15, 0.2) is 50.7 Å². The molecule has 0 saturated heterocycles. The molecule has 5 rings (SSSR count). The number of aromatic nitrogens is 5. The molecule has 0 spiro atoms. The first kappa shape index (κ1) is 19.7. The molecule has 0 amide bonds. The molecule has 1 aromatic carbocycles. The van der Waals surface area contributed by atoms with Crippen molar-refractivity contribution in [2.24, 2.45) is 0 Å². The summed E-state index contributed by atoms with van der Waals surface area (Å²) in [7, 11) is 3.20. The van der Waals surface area contributed by atoms with E-state index in [-0.39, 0.29) is 0 Å². The Labute approximate surface area is 182 Å². The highest BCUT2D eigenvalue weighted by molar-refractivity contribution is 7.98. The highest BCUT2D eigenvalue weighted by Gasteiger charge is 2.31. The third-order valence-corrected chi connectivity index (χ3v) is 5.98. The zero-order valence-corrected chi connectivity index (χ0v) is 18.0. The topological polar surface area (TPSA) is 101 Å². The van der Waals surface area contributed by atoms with Crippen molar-refractivity contribution in [2.75, 3.05) is 14.2 Å². The molecular weight excluding hydrogens is 418 g/mol. The standard InChI is InChI=1S/C21H21N5O4S/c1-27-14-7-8-16(17(10-14)28-2)19-22-18(30-25-19)12-31-21-24-23-20(13-5-6-13)26(21)11-15-4-3-9-29-15/h3-4,7-10,13H,5-6,11-12H2,1-2H3. The normalized spacial score (nSPS) is 13.5. The number of rotatable bonds is 9. The van der Waals surface area contributed by atoms with E-state index >= 15 is 0 Å². The van der Waals surface area contributed by atoms with Gasteiger partial charge in [0.1, 0.15) is 23.1 Å². The molecule has 0 atom stereocenters. The average Bonchev–Trinajstić information content (AvgIpc) is 3.18. The molecule has 0 N–H and O–H groups in total. The van der Waals surface area contributed by atoms with E-state index in [0.717, 1.165) is 35.1 Å². The van der Waals surface area contributed by atoms with E-state index in [0.29, 0.717) is 41.4 Å². The molecule has 1 aliphatic carbocycles. The predicted octanol–water partition coefficient (Wildman–Crippen LogP) is 4.16. The first-order chi connectivity index (χ1) is 15.2. The number of nitrogens with zero attached hydrogens (tertiary/aromatic N) is 5. The fraction of sp³-hybridized carbons (Fsp3) is 0.333. The van der Waals surface area contributed by atoms with Crippen LogP contribution in [0.25, 0.3) is 11.4 Å². The minimum atomic E-state index is 0.464. The third-order valence-electron chi connectivity index (χ3n) is 5.02. The van der Waals surface area contributed by atoms with Crippen molar-refractivity contribution in [1.82, 2.24) is 24.9 Å². The molecule has 160 valence electrons. The molecule has 1 fully saturated rings. The lowest BCUT2D eigenvalue weighted by molar-refractivity contribution is 0.388. The van der Waals surface area contributed by atoms with Crippen molar-refractivity contribution >= 4 is 11.8 Å². The Morgan fingerprint density at radius 1 is 1.16 bits per heavy atom. The number of hydrogen-bond donors (Lipinski definition) is 0. The summed E-state index contributed by atoms with van der Waals surface area (Å²) in [4.78, 5) is 4.52. The largest absolute Gasteiger partial charge is 0.497 e. The van der Waals surface area contributed by atoms with Gasteiger partial charge in [-0.3, -0.25) is 4.57 Å². The van der Waals surface area contributed by atoms with Crippen LogP contribution in [0.4, 0.5) is 0 Å². The second-order valence-electron chi connectivity index (χ2n) is 7.15. The van der Waals surface area contributed by atoms with Crippen LogP contribution in [0.3, 0.4) is 0 Å². The first-order valence-electron chi connectivity index (χ1n) is 9.88. The number of thioether (sulfide) groups is 1. The summed E-state index contributed by atoms with van der Waals surface area (Å²) in [6.07, 6.45) is 3.98. The highest BCUT2D eigenvalue weighted by Crippen LogP contribution is 2.40. The number of hydrogen-bond acceptors (Lipinski definition) is 9. The van der Waals surface area contributed by atoms with Gasteiger partial charge in [0.25, 0.3) is 0 Å². The summed E-state index contributed by atoms with van der Waals surface area (Å²) in [5, 5.41) is 13.7. The molecular formula is C21H21N5O4S. The molecule has 3 aromatic heterocycles. The van der Waals surface area contributed by atoms with Crippen LogP contribution in [0.5, 0.6) is 11.5 Å². The van der Waals surface area contributed by atoms with Gasteiger partial charge in [0, 0.05) is 12.0 Å². The van der Waals surface area contributed by atoms with E-state index in [2.05, 4.69) is 24.9 Å². The zero-order valence-electron chi connectivity index (χ0n) is 17.1. The Balaban J connectivity index is 1.33. The van der Waals surface area contributed by atoms with Crippen LogP contribution in [-0.2, 0) is 12.3 Å². The van der Waals surface area contributed by atoms with Crippen LogP contribution >= 0.6 is 11.8 Å². The van der Waals surface area contributed by atoms with Crippen LogP contribution in [0.1, 0.15) is 36.2 Å². The second kappa shape index (κ2) is 8.46. The van der Waals surface area contributed by atoms with Crippen molar-refractivity contribution in [1.29, 1.82) is 0 Å². The van der Waals surface area contributed by atoms with Gasteiger partial charge < -0.3 is 18.4 Å². The van der Waals surface area contributed by atoms with Gasteiger partial charge in [0.05, 0.1) is 38.3 Å². The van der Waals surface area contributed by atoms with E-state index in [1.807, 2.05) is 24.3 Å². The van der Waals surface area contributed by atoms with Gasteiger partial charge >= 0.3 is 0 Å².